The summed E-state index contributed by atoms with van der Waals surface area (Å²) < 4.78 is 5.56. The quantitative estimate of drug-likeness (QED) is 0.719. The monoisotopic (exact) mass is 239 g/mol. The van der Waals surface area contributed by atoms with Crippen LogP contribution in [-0.2, 0) is 0 Å². The maximum Gasteiger partial charge on any atom is 0.120 e. The van der Waals surface area contributed by atoms with Gasteiger partial charge in [-0.2, -0.15) is 0 Å². The molecule has 2 N–H and O–H groups in total. The van der Waals surface area contributed by atoms with Crippen LogP contribution >= 0.6 is 0 Å². The smallest absolute Gasteiger partial charge is 0.120 e. The molecular formula is C14H25NO2. The van der Waals surface area contributed by atoms with Crippen LogP contribution in [0.3, 0.4) is 0 Å². The predicted octanol–water partition coefficient (Wildman–Crippen LogP) is 3.04. The van der Waals surface area contributed by atoms with Gasteiger partial charge in [-0.05, 0) is 50.8 Å². The molecule has 0 spiro atoms. The van der Waals surface area contributed by atoms with Gasteiger partial charge in [0, 0.05) is 6.61 Å². The number of rotatable bonds is 7. The Hall–Kier alpha value is -0.800. The highest BCUT2D eigenvalue weighted by Gasteiger charge is 2.16. The highest BCUT2D eigenvalue weighted by atomic mass is 16.3. The molecule has 0 aliphatic heterocycles. The van der Waals surface area contributed by atoms with Crippen molar-refractivity contribution >= 4 is 0 Å². The zero-order chi connectivity index (χ0) is 12.9. The number of aliphatic hydroxyl groups is 1. The van der Waals surface area contributed by atoms with Gasteiger partial charge in [-0.3, -0.25) is 0 Å². The van der Waals surface area contributed by atoms with Crippen LogP contribution in [-0.4, -0.2) is 18.3 Å². The first kappa shape index (κ1) is 14.3. The van der Waals surface area contributed by atoms with E-state index in [4.69, 9.17) is 9.52 Å². The molecule has 0 saturated carbocycles. The van der Waals surface area contributed by atoms with Crippen LogP contribution in [0.2, 0.25) is 0 Å². The van der Waals surface area contributed by atoms with Crippen molar-refractivity contribution in [1.82, 2.24) is 5.32 Å². The SMILES string of the molecule is Cc1ccc(C(C)NCCCC(C)(C)CO)o1. The van der Waals surface area contributed by atoms with Gasteiger partial charge in [0.05, 0.1) is 6.04 Å². The molecule has 0 radical (unpaired) electrons. The van der Waals surface area contributed by atoms with Crippen molar-refractivity contribution in [3.05, 3.63) is 23.7 Å². The van der Waals surface area contributed by atoms with E-state index in [1.54, 1.807) is 0 Å². The van der Waals surface area contributed by atoms with Crippen molar-refractivity contribution in [3.63, 3.8) is 0 Å². The third-order valence-electron chi connectivity index (χ3n) is 3.10. The lowest BCUT2D eigenvalue weighted by molar-refractivity contribution is 0.147. The summed E-state index contributed by atoms with van der Waals surface area (Å²) in [5.74, 6) is 1.94. The molecule has 0 amide bonds. The molecule has 0 saturated heterocycles. The van der Waals surface area contributed by atoms with Gasteiger partial charge in [-0.25, -0.2) is 0 Å². The first-order valence-corrected chi connectivity index (χ1v) is 6.35. The lowest BCUT2D eigenvalue weighted by Crippen LogP contribution is -2.23. The molecule has 0 bridgehead atoms. The Morgan fingerprint density at radius 3 is 2.65 bits per heavy atom. The van der Waals surface area contributed by atoms with Crippen molar-refractivity contribution in [1.29, 1.82) is 0 Å². The molecule has 1 unspecified atom stereocenters. The van der Waals surface area contributed by atoms with Crippen LogP contribution in [0.4, 0.5) is 0 Å². The fourth-order valence-electron chi connectivity index (χ4n) is 1.75. The molecule has 3 heteroatoms. The van der Waals surface area contributed by atoms with Crippen LogP contribution in [0.1, 0.15) is 51.2 Å². The summed E-state index contributed by atoms with van der Waals surface area (Å²) in [5, 5.41) is 12.6. The van der Waals surface area contributed by atoms with Gasteiger partial charge in [0.15, 0.2) is 0 Å². The van der Waals surface area contributed by atoms with Crippen LogP contribution in [0.25, 0.3) is 0 Å². The maximum atomic E-state index is 9.15. The Kier molecular flexibility index (Phi) is 5.22. The Morgan fingerprint density at radius 1 is 1.41 bits per heavy atom. The molecule has 0 aliphatic rings. The van der Waals surface area contributed by atoms with Crippen LogP contribution < -0.4 is 5.32 Å². The van der Waals surface area contributed by atoms with Gasteiger partial charge < -0.3 is 14.8 Å². The zero-order valence-electron chi connectivity index (χ0n) is 11.4. The average molecular weight is 239 g/mol. The predicted molar refractivity (Wildman–Crippen MR) is 70.0 cm³/mol. The summed E-state index contributed by atoms with van der Waals surface area (Å²) in [6.07, 6.45) is 2.10. The Balaban J connectivity index is 2.23. The van der Waals surface area contributed by atoms with Crippen molar-refractivity contribution in [3.8, 4) is 0 Å². The molecule has 1 aromatic rings. The first-order valence-electron chi connectivity index (χ1n) is 6.35. The number of hydrogen-bond donors (Lipinski definition) is 2. The molecule has 0 fully saturated rings. The molecule has 1 aromatic heterocycles. The molecule has 17 heavy (non-hydrogen) atoms. The Morgan fingerprint density at radius 2 is 2.12 bits per heavy atom. The number of furan rings is 1. The normalized spacial score (nSPS) is 13.9. The van der Waals surface area contributed by atoms with E-state index in [2.05, 4.69) is 26.1 Å². The van der Waals surface area contributed by atoms with Gasteiger partial charge in [-0.15, -0.1) is 0 Å². The van der Waals surface area contributed by atoms with Crippen molar-refractivity contribution in [2.75, 3.05) is 13.2 Å². The van der Waals surface area contributed by atoms with Crippen LogP contribution in [0.5, 0.6) is 0 Å². The molecule has 1 heterocycles. The van der Waals surface area contributed by atoms with E-state index in [9.17, 15) is 0 Å². The second-order valence-corrected chi connectivity index (χ2v) is 5.55. The molecular weight excluding hydrogens is 214 g/mol. The first-order chi connectivity index (χ1) is 7.94. The molecule has 1 atom stereocenters. The highest BCUT2D eigenvalue weighted by molar-refractivity contribution is 5.08. The number of aliphatic hydroxyl groups excluding tert-OH is 1. The number of nitrogens with one attached hydrogen (secondary N) is 1. The van der Waals surface area contributed by atoms with Crippen molar-refractivity contribution < 1.29 is 9.52 Å². The number of aryl methyl sites for hydroxylation is 1. The van der Waals surface area contributed by atoms with Gasteiger partial charge in [0.2, 0.25) is 0 Å². The van der Waals surface area contributed by atoms with E-state index in [0.29, 0.717) is 0 Å². The van der Waals surface area contributed by atoms with Gasteiger partial charge >= 0.3 is 0 Å². The topological polar surface area (TPSA) is 45.4 Å². The number of hydrogen-bond acceptors (Lipinski definition) is 3. The fraction of sp³-hybridized carbons (Fsp3) is 0.714. The van der Waals surface area contributed by atoms with Crippen LogP contribution in [0, 0.1) is 12.3 Å². The summed E-state index contributed by atoms with van der Waals surface area (Å²) in [7, 11) is 0. The molecule has 0 aromatic carbocycles. The average Bonchev–Trinajstić information content (AvgIpc) is 2.71. The summed E-state index contributed by atoms with van der Waals surface area (Å²) in [6.45, 7) is 9.44. The molecule has 3 nitrogen and oxygen atoms in total. The van der Waals surface area contributed by atoms with Gasteiger partial charge in [0.25, 0.3) is 0 Å². The van der Waals surface area contributed by atoms with Gasteiger partial charge in [0.1, 0.15) is 11.5 Å². The minimum atomic E-state index is 0.0339. The minimum Gasteiger partial charge on any atom is -0.465 e. The van der Waals surface area contributed by atoms with Crippen molar-refractivity contribution in [2.24, 2.45) is 5.41 Å². The van der Waals surface area contributed by atoms with E-state index in [0.717, 1.165) is 30.9 Å². The zero-order valence-corrected chi connectivity index (χ0v) is 11.4. The summed E-state index contributed by atoms with van der Waals surface area (Å²) in [4.78, 5) is 0. The molecule has 0 aliphatic carbocycles. The largest absolute Gasteiger partial charge is 0.465 e. The second-order valence-electron chi connectivity index (χ2n) is 5.55. The lowest BCUT2D eigenvalue weighted by Gasteiger charge is -2.21. The molecule has 1 rings (SSSR count). The van der Waals surface area contributed by atoms with Gasteiger partial charge in [-0.1, -0.05) is 13.8 Å². The summed E-state index contributed by atoms with van der Waals surface area (Å²) in [5.41, 5.74) is 0.0339. The third-order valence-corrected chi connectivity index (χ3v) is 3.10. The van der Waals surface area contributed by atoms with Crippen molar-refractivity contribution in [2.45, 2.75) is 46.6 Å². The van der Waals surface area contributed by atoms with Crippen LogP contribution in [0.15, 0.2) is 16.5 Å². The van der Waals surface area contributed by atoms with E-state index >= 15 is 0 Å². The highest BCUT2D eigenvalue weighted by Crippen LogP contribution is 2.21. The maximum absolute atomic E-state index is 9.15. The summed E-state index contributed by atoms with van der Waals surface area (Å²) in [6, 6.07) is 4.26. The molecule has 98 valence electrons. The summed E-state index contributed by atoms with van der Waals surface area (Å²) >= 11 is 0. The van der Waals surface area contributed by atoms with E-state index in [1.165, 1.54) is 0 Å². The van der Waals surface area contributed by atoms with E-state index in [1.807, 2.05) is 19.1 Å². The third kappa shape index (κ3) is 4.92. The minimum absolute atomic E-state index is 0.0339. The fourth-order valence-corrected chi connectivity index (χ4v) is 1.75. The Labute approximate surface area is 104 Å². The standard InChI is InChI=1S/C14H25NO2/c1-11-6-7-13(17-11)12(2)15-9-5-8-14(3,4)10-16/h6-7,12,15-16H,5,8-10H2,1-4H3. The Bertz CT molecular complexity index is 331. The lowest BCUT2D eigenvalue weighted by atomic mass is 9.89. The second kappa shape index (κ2) is 6.22. The van der Waals surface area contributed by atoms with E-state index in [-0.39, 0.29) is 18.1 Å². The van der Waals surface area contributed by atoms with E-state index < -0.39 is 0 Å².